The van der Waals surface area contributed by atoms with Crippen molar-refractivity contribution in [2.24, 2.45) is 0 Å². The van der Waals surface area contributed by atoms with Gasteiger partial charge in [-0.2, -0.15) is 0 Å². The predicted molar refractivity (Wildman–Crippen MR) is 81.9 cm³/mol. The van der Waals surface area contributed by atoms with Crippen molar-refractivity contribution in [2.45, 2.75) is 25.3 Å². The number of amides is 2. The highest BCUT2D eigenvalue weighted by molar-refractivity contribution is 7.93. The molecule has 1 N–H and O–H groups in total. The molecule has 0 radical (unpaired) electrons. The number of carbonyl (C=O) groups excluding carboxylic acids is 1. The largest absolute Gasteiger partial charge is 0.324 e. The molecule has 0 spiro atoms. The van der Waals surface area contributed by atoms with E-state index in [-0.39, 0.29) is 12.6 Å². The number of rotatable bonds is 5. The molecule has 122 valence electrons. The lowest BCUT2D eigenvalue weighted by Gasteiger charge is -2.15. The average molecular weight is 329 g/mol. The van der Waals surface area contributed by atoms with Crippen molar-refractivity contribution in [3.63, 3.8) is 0 Å². The van der Waals surface area contributed by atoms with Crippen molar-refractivity contribution in [3.05, 3.63) is 35.2 Å². The highest BCUT2D eigenvalue weighted by Crippen LogP contribution is 2.36. The second kappa shape index (κ2) is 5.51. The predicted octanol–water partition coefficient (Wildman–Crippen LogP) is 1.71. The summed E-state index contributed by atoms with van der Waals surface area (Å²) in [7, 11) is -0.919. The molecule has 1 aliphatic carbocycles. The lowest BCUT2D eigenvalue weighted by atomic mass is 10.3. The van der Waals surface area contributed by atoms with Crippen molar-refractivity contribution in [2.75, 3.05) is 20.6 Å². The van der Waals surface area contributed by atoms with Crippen LogP contribution in [0.15, 0.2) is 35.2 Å². The minimum atomic E-state index is -4.02. The van der Waals surface area contributed by atoms with Gasteiger partial charge in [-0.05, 0) is 31.9 Å². The van der Waals surface area contributed by atoms with Crippen LogP contribution in [0.3, 0.4) is 0 Å². The third-order valence-corrected chi connectivity index (χ3v) is 5.48. The average Bonchev–Trinajstić information content (AvgIpc) is 3.10. The zero-order chi connectivity index (χ0) is 16.7. The number of hydrogen-bond donors (Lipinski definition) is 1. The minimum absolute atomic E-state index is 0.218. The zero-order valence-corrected chi connectivity index (χ0v) is 13.7. The van der Waals surface area contributed by atoms with Gasteiger partial charge in [0, 0.05) is 25.3 Å². The van der Waals surface area contributed by atoms with Gasteiger partial charge in [0.25, 0.3) is 0 Å². The molecule has 0 aromatic carbocycles. The Morgan fingerprint density at radius 3 is 2.41 bits per heavy atom. The van der Waals surface area contributed by atoms with E-state index in [4.69, 9.17) is 0 Å². The first kappa shape index (κ1) is 16.7. The van der Waals surface area contributed by atoms with Gasteiger partial charge in [-0.25, -0.2) is 22.3 Å². The molecule has 0 bridgehead atoms. The summed E-state index contributed by atoms with van der Waals surface area (Å²) < 4.78 is 41.4. The van der Waals surface area contributed by atoms with E-state index in [0.717, 1.165) is 6.08 Å². The van der Waals surface area contributed by atoms with Crippen LogP contribution in [0.1, 0.15) is 19.8 Å². The summed E-state index contributed by atoms with van der Waals surface area (Å²) in [6, 6.07) is -0.274. The van der Waals surface area contributed by atoms with Crippen LogP contribution in [0.5, 0.6) is 0 Å². The van der Waals surface area contributed by atoms with Gasteiger partial charge in [0.1, 0.15) is 10.7 Å². The number of allylic oxidation sites excluding steroid dienone is 3. The van der Waals surface area contributed by atoms with Gasteiger partial charge in [0.2, 0.25) is 10.0 Å². The lowest BCUT2D eigenvalue weighted by molar-refractivity contribution is 0.207. The van der Waals surface area contributed by atoms with Crippen LogP contribution in [0.2, 0.25) is 0 Å². The van der Waals surface area contributed by atoms with Crippen molar-refractivity contribution in [3.8, 4) is 0 Å². The van der Waals surface area contributed by atoms with Gasteiger partial charge < -0.3 is 4.90 Å². The molecule has 2 rings (SSSR count). The Bertz CT molecular complexity index is 677. The maximum Gasteiger partial charge on any atom is 0.324 e. The van der Waals surface area contributed by atoms with Crippen LogP contribution >= 0.6 is 0 Å². The first-order valence-corrected chi connectivity index (χ1v) is 8.33. The second-order valence-electron chi connectivity index (χ2n) is 5.92. The highest BCUT2D eigenvalue weighted by Gasteiger charge is 2.42. The lowest BCUT2D eigenvalue weighted by Crippen LogP contribution is -2.35. The monoisotopic (exact) mass is 329 g/mol. The molecule has 1 aliphatic heterocycles. The minimum Gasteiger partial charge on any atom is -0.322 e. The van der Waals surface area contributed by atoms with Gasteiger partial charge >= 0.3 is 6.03 Å². The number of carbonyl (C=O) groups is 1. The first-order valence-electron chi connectivity index (χ1n) is 6.85. The van der Waals surface area contributed by atoms with E-state index in [2.05, 4.69) is 11.3 Å². The fraction of sp³-hybridized carbons (Fsp3) is 0.500. The molecular weight excluding hydrogens is 309 g/mol. The van der Waals surface area contributed by atoms with Crippen LogP contribution in [0.4, 0.5) is 9.18 Å². The van der Waals surface area contributed by atoms with Crippen LogP contribution in [0.25, 0.3) is 0 Å². The van der Waals surface area contributed by atoms with Gasteiger partial charge in [-0.1, -0.05) is 6.58 Å². The molecule has 1 saturated heterocycles. The van der Waals surface area contributed by atoms with Gasteiger partial charge in [0.15, 0.2) is 0 Å². The molecule has 6 nitrogen and oxygen atoms in total. The molecule has 0 aromatic rings. The zero-order valence-electron chi connectivity index (χ0n) is 12.9. The quantitative estimate of drug-likeness (QED) is 0.781. The van der Waals surface area contributed by atoms with Crippen molar-refractivity contribution < 1.29 is 17.6 Å². The van der Waals surface area contributed by atoms with Gasteiger partial charge in [-0.15, -0.1) is 0 Å². The third kappa shape index (κ3) is 3.22. The Morgan fingerprint density at radius 1 is 1.41 bits per heavy atom. The van der Waals surface area contributed by atoms with Crippen molar-refractivity contribution in [1.29, 1.82) is 0 Å². The topological polar surface area (TPSA) is 69.7 Å². The van der Waals surface area contributed by atoms with E-state index in [0.29, 0.717) is 18.5 Å². The maximum atomic E-state index is 14.0. The number of likely N-dealkylation sites (N-methyl/N-ethyl adjacent to an activating group) is 2. The highest BCUT2D eigenvalue weighted by atomic mass is 32.2. The molecule has 1 saturated carbocycles. The Labute approximate surface area is 130 Å². The molecule has 8 heteroatoms. The van der Waals surface area contributed by atoms with Gasteiger partial charge in [-0.3, -0.25) is 4.90 Å². The number of nitrogens with zero attached hydrogens (tertiary/aromatic N) is 2. The molecule has 0 atom stereocenters. The normalized spacial score (nSPS) is 23.8. The van der Waals surface area contributed by atoms with Crippen LogP contribution in [-0.4, -0.2) is 50.4 Å². The van der Waals surface area contributed by atoms with E-state index >= 15 is 0 Å². The smallest absolute Gasteiger partial charge is 0.322 e. The SMILES string of the molecule is C=C/C(F)=C(\C=C1/CN(C)C(=O)N1C)S(=O)(=O)NC1(C)CC1. The van der Waals surface area contributed by atoms with Crippen LogP contribution < -0.4 is 4.72 Å². The van der Waals surface area contributed by atoms with Gasteiger partial charge in [0.05, 0.1) is 6.54 Å². The van der Waals surface area contributed by atoms with Crippen molar-refractivity contribution >= 4 is 16.1 Å². The van der Waals surface area contributed by atoms with E-state index in [1.54, 1.807) is 14.0 Å². The van der Waals surface area contributed by atoms with Crippen LogP contribution in [0, 0.1) is 0 Å². The number of sulfonamides is 1. The second-order valence-corrected chi connectivity index (χ2v) is 7.57. The molecule has 22 heavy (non-hydrogen) atoms. The summed E-state index contributed by atoms with van der Waals surface area (Å²) >= 11 is 0. The summed E-state index contributed by atoms with van der Waals surface area (Å²) in [5.74, 6) is -0.945. The summed E-state index contributed by atoms with van der Waals surface area (Å²) in [6.45, 7) is 5.27. The molecule has 1 heterocycles. The summed E-state index contributed by atoms with van der Waals surface area (Å²) in [4.78, 5) is 14.0. The number of halogens is 1. The van der Waals surface area contributed by atoms with E-state index in [1.807, 2.05) is 0 Å². The summed E-state index contributed by atoms with van der Waals surface area (Å²) in [6.07, 6.45) is 3.47. The molecule has 2 fully saturated rings. The molecular formula is C14H20FN3O3S. The number of nitrogens with one attached hydrogen (secondary N) is 1. The molecule has 2 aliphatic rings. The summed E-state index contributed by atoms with van der Waals surface area (Å²) in [5.41, 5.74) is -0.107. The molecule has 2 amide bonds. The van der Waals surface area contributed by atoms with E-state index in [1.165, 1.54) is 22.9 Å². The number of hydrogen-bond acceptors (Lipinski definition) is 3. The molecule has 0 aromatic heterocycles. The fourth-order valence-corrected chi connectivity index (χ4v) is 3.73. The Morgan fingerprint density at radius 2 is 2.00 bits per heavy atom. The fourth-order valence-electron chi connectivity index (χ4n) is 2.13. The molecule has 0 unspecified atom stereocenters. The maximum absolute atomic E-state index is 14.0. The standard InChI is InChI=1S/C14H20FN3O3S/c1-5-11(15)12(22(20,21)16-14(2)6-7-14)8-10-9-17(3)13(19)18(10)4/h5,8,16H,1,6-7,9H2,2-4H3/b10-8+,12-11-. The van der Waals surface area contributed by atoms with Crippen molar-refractivity contribution in [1.82, 2.24) is 14.5 Å². The number of urea groups is 1. The third-order valence-electron chi connectivity index (χ3n) is 3.83. The Hall–Kier alpha value is -1.67. The summed E-state index contributed by atoms with van der Waals surface area (Å²) in [5, 5.41) is 0. The van der Waals surface area contributed by atoms with Crippen LogP contribution in [-0.2, 0) is 10.0 Å². The first-order chi connectivity index (χ1) is 10.1. The Balaban J connectivity index is 2.41. The Kier molecular flexibility index (Phi) is 4.18. The van der Waals surface area contributed by atoms with E-state index in [9.17, 15) is 17.6 Å². The van der Waals surface area contributed by atoms with E-state index < -0.39 is 26.3 Å².